The second-order valence-electron chi connectivity index (χ2n) is 6.23. The first kappa shape index (κ1) is 15.2. The zero-order chi connectivity index (χ0) is 16.4. The summed E-state index contributed by atoms with van der Waals surface area (Å²) in [4.78, 5) is 25.0. The van der Waals surface area contributed by atoms with Gasteiger partial charge in [0.2, 0.25) is 0 Å². The first-order valence-electron chi connectivity index (χ1n) is 8.26. The van der Waals surface area contributed by atoms with Crippen molar-refractivity contribution in [3.8, 4) is 0 Å². The van der Waals surface area contributed by atoms with Gasteiger partial charge in [0.1, 0.15) is 5.69 Å². The van der Waals surface area contributed by atoms with Crippen LogP contribution in [0.25, 0.3) is 0 Å². The standard InChI is InChI=1S/C18H20N4O2/c23-18(15-10-19-6-7-20-15)22-12-16-17(13-22)24-9-8-21(16)11-14-4-2-1-3-5-14/h1-7,10,16-17H,8-9,11-13H2/t16-,17-/m1/s1. The summed E-state index contributed by atoms with van der Waals surface area (Å²) in [5, 5.41) is 0. The summed E-state index contributed by atoms with van der Waals surface area (Å²) in [7, 11) is 0. The molecule has 0 radical (unpaired) electrons. The average Bonchev–Trinajstić information content (AvgIpc) is 3.08. The Labute approximate surface area is 141 Å². The molecule has 124 valence electrons. The number of aromatic nitrogens is 2. The van der Waals surface area contributed by atoms with Gasteiger partial charge in [-0.2, -0.15) is 0 Å². The fourth-order valence-electron chi connectivity index (χ4n) is 3.51. The van der Waals surface area contributed by atoms with Crippen LogP contribution in [0.4, 0.5) is 0 Å². The largest absolute Gasteiger partial charge is 0.373 e. The summed E-state index contributed by atoms with van der Waals surface area (Å²) in [6, 6.07) is 10.7. The minimum Gasteiger partial charge on any atom is -0.373 e. The summed E-state index contributed by atoms with van der Waals surface area (Å²) in [5.41, 5.74) is 1.68. The third kappa shape index (κ3) is 3.02. The minimum atomic E-state index is -0.0687. The molecule has 0 bridgehead atoms. The van der Waals surface area contributed by atoms with E-state index in [0.717, 1.165) is 13.1 Å². The van der Waals surface area contributed by atoms with Crippen molar-refractivity contribution >= 4 is 5.91 Å². The molecule has 1 amide bonds. The highest BCUT2D eigenvalue weighted by atomic mass is 16.5. The van der Waals surface area contributed by atoms with Gasteiger partial charge in [0, 0.05) is 38.6 Å². The number of hydrogen-bond acceptors (Lipinski definition) is 5. The molecule has 1 aromatic heterocycles. The van der Waals surface area contributed by atoms with E-state index in [2.05, 4.69) is 39.1 Å². The minimum absolute atomic E-state index is 0.0687. The number of carbonyl (C=O) groups is 1. The highest BCUT2D eigenvalue weighted by molar-refractivity contribution is 5.92. The second kappa shape index (κ2) is 6.67. The maximum absolute atomic E-state index is 12.6. The molecule has 0 saturated carbocycles. The van der Waals surface area contributed by atoms with Crippen LogP contribution >= 0.6 is 0 Å². The topological polar surface area (TPSA) is 58.6 Å². The Morgan fingerprint density at radius 2 is 2.08 bits per heavy atom. The lowest BCUT2D eigenvalue weighted by molar-refractivity contribution is -0.0503. The second-order valence-corrected chi connectivity index (χ2v) is 6.23. The molecule has 24 heavy (non-hydrogen) atoms. The van der Waals surface area contributed by atoms with E-state index in [0.29, 0.717) is 25.4 Å². The summed E-state index contributed by atoms with van der Waals surface area (Å²) >= 11 is 0. The molecule has 1 aromatic carbocycles. The SMILES string of the molecule is O=C(c1cnccn1)N1C[C@@H]2[C@@H](C1)OCCN2Cc1ccccc1. The fraction of sp³-hybridized carbons (Fsp3) is 0.389. The molecule has 2 aromatic rings. The number of nitrogens with zero attached hydrogens (tertiary/aromatic N) is 4. The molecule has 2 fully saturated rings. The molecule has 3 heterocycles. The van der Waals surface area contributed by atoms with Crippen molar-refractivity contribution in [1.29, 1.82) is 0 Å². The smallest absolute Gasteiger partial charge is 0.274 e. The van der Waals surface area contributed by atoms with Crippen LogP contribution in [0, 0.1) is 0 Å². The molecule has 6 nitrogen and oxygen atoms in total. The normalized spacial score (nSPS) is 23.9. The van der Waals surface area contributed by atoms with E-state index < -0.39 is 0 Å². The molecule has 0 N–H and O–H groups in total. The van der Waals surface area contributed by atoms with E-state index in [4.69, 9.17) is 4.74 Å². The van der Waals surface area contributed by atoms with Crippen LogP contribution in [0.3, 0.4) is 0 Å². The number of amides is 1. The maximum Gasteiger partial charge on any atom is 0.274 e. The first-order chi connectivity index (χ1) is 11.8. The monoisotopic (exact) mass is 324 g/mol. The van der Waals surface area contributed by atoms with Crippen LogP contribution in [0.1, 0.15) is 16.1 Å². The van der Waals surface area contributed by atoms with Crippen molar-refractivity contribution in [3.63, 3.8) is 0 Å². The quantitative estimate of drug-likeness (QED) is 0.849. The maximum atomic E-state index is 12.6. The van der Waals surface area contributed by atoms with Crippen molar-refractivity contribution in [1.82, 2.24) is 19.8 Å². The Kier molecular flexibility index (Phi) is 4.23. The van der Waals surface area contributed by atoms with Gasteiger partial charge in [0.15, 0.2) is 0 Å². The summed E-state index contributed by atoms with van der Waals surface area (Å²) in [6.07, 6.45) is 4.72. The molecule has 2 atom stereocenters. The number of carbonyl (C=O) groups excluding carboxylic acids is 1. The lowest BCUT2D eigenvalue weighted by Gasteiger charge is -2.36. The Morgan fingerprint density at radius 3 is 2.88 bits per heavy atom. The number of morpholine rings is 1. The van der Waals surface area contributed by atoms with Gasteiger partial charge in [0.05, 0.1) is 24.9 Å². The average molecular weight is 324 g/mol. The van der Waals surface area contributed by atoms with Crippen LogP contribution in [-0.4, -0.2) is 64.1 Å². The van der Waals surface area contributed by atoms with Crippen LogP contribution in [0.2, 0.25) is 0 Å². The molecule has 2 aliphatic rings. The van der Waals surface area contributed by atoms with Crippen LogP contribution < -0.4 is 0 Å². The van der Waals surface area contributed by atoms with Gasteiger partial charge in [0.25, 0.3) is 5.91 Å². The number of ether oxygens (including phenoxy) is 1. The van der Waals surface area contributed by atoms with Gasteiger partial charge in [-0.15, -0.1) is 0 Å². The van der Waals surface area contributed by atoms with E-state index in [-0.39, 0.29) is 18.1 Å². The molecule has 0 unspecified atom stereocenters. The van der Waals surface area contributed by atoms with E-state index in [1.165, 1.54) is 11.8 Å². The predicted molar refractivity (Wildman–Crippen MR) is 88.3 cm³/mol. The number of likely N-dealkylation sites (tertiary alicyclic amines) is 1. The van der Waals surface area contributed by atoms with Crippen molar-refractivity contribution in [2.75, 3.05) is 26.2 Å². The van der Waals surface area contributed by atoms with Gasteiger partial charge in [-0.05, 0) is 5.56 Å². The third-order valence-corrected chi connectivity index (χ3v) is 4.71. The number of benzene rings is 1. The highest BCUT2D eigenvalue weighted by Gasteiger charge is 2.42. The van der Waals surface area contributed by atoms with Crippen molar-refractivity contribution in [2.45, 2.75) is 18.7 Å². The van der Waals surface area contributed by atoms with Crippen molar-refractivity contribution in [2.24, 2.45) is 0 Å². The Hall–Kier alpha value is -2.31. The number of hydrogen-bond donors (Lipinski definition) is 0. The third-order valence-electron chi connectivity index (χ3n) is 4.71. The zero-order valence-electron chi connectivity index (χ0n) is 13.4. The van der Waals surface area contributed by atoms with Gasteiger partial charge in [-0.1, -0.05) is 30.3 Å². The molecular weight excluding hydrogens is 304 g/mol. The highest BCUT2D eigenvalue weighted by Crippen LogP contribution is 2.25. The zero-order valence-corrected chi connectivity index (χ0v) is 13.4. The lowest BCUT2D eigenvalue weighted by Crippen LogP contribution is -2.50. The summed E-state index contributed by atoms with van der Waals surface area (Å²) < 4.78 is 5.91. The molecule has 0 aliphatic carbocycles. The van der Waals surface area contributed by atoms with Crippen LogP contribution in [0.5, 0.6) is 0 Å². The number of fused-ring (bicyclic) bond motifs is 1. The van der Waals surface area contributed by atoms with Gasteiger partial charge < -0.3 is 9.64 Å². The van der Waals surface area contributed by atoms with E-state index in [1.807, 2.05) is 11.0 Å². The molecular formula is C18H20N4O2. The summed E-state index contributed by atoms with van der Waals surface area (Å²) in [6.45, 7) is 3.78. The van der Waals surface area contributed by atoms with Gasteiger partial charge in [-0.25, -0.2) is 4.98 Å². The van der Waals surface area contributed by atoms with Gasteiger partial charge in [-0.3, -0.25) is 14.7 Å². The Balaban J connectivity index is 1.47. The predicted octanol–water partition coefficient (Wildman–Crippen LogP) is 1.20. The van der Waals surface area contributed by atoms with Crippen molar-refractivity contribution in [3.05, 3.63) is 60.2 Å². The van der Waals surface area contributed by atoms with Crippen LogP contribution in [-0.2, 0) is 11.3 Å². The Morgan fingerprint density at radius 1 is 1.21 bits per heavy atom. The fourth-order valence-corrected chi connectivity index (χ4v) is 3.51. The van der Waals surface area contributed by atoms with Gasteiger partial charge >= 0.3 is 0 Å². The Bertz CT molecular complexity index is 695. The number of rotatable bonds is 3. The van der Waals surface area contributed by atoms with E-state index in [9.17, 15) is 4.79 Å². The lowest BCUT2D eigenvalue weighted by atomic mass is 10.1. The molecule has 6 heteroatoms. The summed E-state index contributed by atoms with van der Waals surface area (Å²) in [5.74, 6) is -0.0687. The molecule has 0 spiro atoms. The van der Waals surface area contributed by atoms with Crippen LogP contribution in [0.15, 0.2) is 48.9 Å². The first-order valence-corrected chi connectivity index (χ1v) is 8.26. The molecule has 2 aliphatic heterocycles. The van der Waals surface area contributed by atoms with Crippen molar-refractivity contribution < 1.29 is 9.53 Å². The van der Waals surface area contributed by atoms with E-state index >= 15 is 0 Å². The van der Waals surface area contributed by atoms with E-state index in [1.54, 1.807) is 12.4 Å². The molecule has 4 rings (SSSR count). The molecule has 2 saturated heterocycles.